The minimum Gasteiger partial charge on any atom is -0.483 e. The van der Waals surface area contributed by atoms with Crippen LogP contribution in [-0.2, 0) is 6.54 Å². The van der Waals surface area contributed by atoms with Crippen LogP contribution in [-0.4, -0.2) is 32.9 Å². The van der Waals surface area contributed by atoms with E-state index in [1.807, 2.05) is 43.3 Å². The number of carbonyl (C=O) groups excluding carboxylic acids is 1. The maximum Gasteiger partial charge on any atom is 0.422 e. The van der Waals surface area contributed by atoms with E-state index < -0.39 is 18.8 Å². The molecule has 0 radical (unpaired) electrons. The average Bonchev–Trinajstić information content (AvgIpc) is 2.64. The minimum absolute atomic E-state index is 0.110. The number of nitrogens with zero attached hydrogens (tertiary/aromatic N) is 2. The van der Waals surface area contributed by atoms with Gasteiger partial charge in [0.15, 0.2) is 6.61 Å². The van der Waals surface area contributed by atoms with Crippen LogP contribution in [0.15, 0.2) is 42.5 Å². The fraction of sp³-hybridized carbons (Fsp3) is 0.263. The third-order valence-electron chi connectivity index (χ3n) is 3.63. The van der Waals surface area contributed by atoms with Crippen molar-refractivity contribution in [1.29, 1.82) is 5.26 Å². The van der Waals surface area contributed by atoms with E-state index in [0.717, 1.165) is 11.3 Å². The molecule has 2 aromatic carbocycles. The van der Waals surface area contributed by atoms with Gasteiger partial charge in [-0.15, -0.1) is 0 Å². The molecule has 0 aliphatic heterocycles. The van der Waals surface area contributed by atoms with Gasteiger partial charge in [0, 0.05) is 32.0 Å². The summed E-state index contributed by atoms with van der Waals surface area (Å²) in [6.45, 7) is -1.22. The van der Waals surface area contributed by atoms with Crippen molar-refractivity contribution in [1.82, 2.24) is 5.32 Å². The summed E-state index contributed by atoms with van der Waals surface area (Å²) < 4.78 is 41.3. The van der Waals surface area contributed by atoms with Crippen LogP contribution in [0.4, 0.5) is 29.3 Å². The molecule has 0 fully saturated rings. The first-order chi connectivity index (χ1) is 13.2. The molecule has 2 amide bonds. The predicted molar refractivity (Wildman–Crippen MR) is 99.3 cm³/mol. The lowest BCUT2D eigenvalue weighted by Crippen LogP contribution is -2.28. The van der Waals surface area contributed by atoms with Crippen LogP contribution >= 0.6 is 0 Å². The molecule has 0 saturated heterocycles. The number of urea groups is 1. The van der Waals surface area contributed by atoms with Crippen molar-refractivity contribution in [2.75, 3.05) is 30.9 Å². The van der Waals surface area contributed by atoms with Crippen LogP contribution in [0.2, 0.25) is 0 Å². The van der Waals surface area contributed by atoms with Crippen molar-refractivity contribution in [3.8, 4) is 11.8 Å². The van der Waals surface area contributed by atoms with Crippen molar-refractivity contribution in [3.05, 3.63) is 53.6 Å². The molecular formula is C19H19F3N4O2. The van der Waals surface area contributed by atoms with Gasteiger partial charge >= 0.3 is 12.2 Å². The van der Waals surface area contributed by atoms with E-state index in [1.54, 1.807) is 6.07 Å². The minimum atomic E-state index is -4.51. The molecule has 0 saturated carbocycles. The lowest BCUT2D eigenvalue weighted by Gasteiger charge is -2.14. The number of carbonyl (C=O) groups is 1. The van der Waals surface area contributed by atoms with Crippen LogP contribution in [0.1, 0.15) is 11.1 Å². The molecule has 0 spiro atoms. The number of nitrogens with one attached hydrogen (secondary N) is 2. The molecule has 0 unspecified atom stereocenters. The van der Waals surface area contributed by atoms with E-state index in [-0.39, 0.29) is 23.5 Å². The standard InChI is InChI=1S/C19H19F3N4O2/c1-26(2)16-5-3-4-13(8-16)11-24-18(27)25-15-6-7-17(14(9-15)10-23)28-12-19(20,21)22/h3-9H,11-12H2,1-2H3,(H2,24,25,27). The predicted octanol–water partition coefficient (Wildman–Crippen LogP) is 3.89. The van der Waals surface area contributed by atoms with Gasteiger partial charge in [0.1, 0.15) is 11.8 Å². The highest BCUT2D eigenvalue weighted by molar-refractivity contribution is 5.89. The van der Waals surface area contributed by atoms with Crippen LogP contribution < -0.4 is 20.3 Å². The maximum atomic E-state index is 12.2. The van der Waals surface area contributed by atoms with E-state index in [0.29, 0.717) is 0 Å². The molecule has 6 nitrogen and oxygen atoms in total. The third kappa shape index (κ3) is 6.39. The maximum absolute atomic E-state index is 12.2. The van der Waals surface area contributed by atoms with Gasteiger partial charge < -0.3 is 20.3 Å². The Balaban J connectivity index is 1.96. The van der Waals surface area contributed by atoms with Gasteiger partial charge in [-0.2, -0.15) is 18.4 Å². The third-order valence-corrected chi connectivity index (χ3v) is 3.63. The molecule has 28 heavy (non-hydrogen) atoms. The number of anilines is 2. The second kappa shape index (κ2) is 8.99. The number of hydrogen-bond acceptors (Lipinski definition) is 4. The van der Waals surface area contributed by atoms with Gasteiger partial charge in [-0.3, -0.25) is 0 Å². The number of alkyl halides is 3. The zero-order valence-corrected chi connectivity index (χ0v) is 15.3. The average molecular weight is 392 g/mol. The highest BCUT2D eigenvalue weighted by Crippen LogP contribution is 2.24. The molecule has 0 aliphatic rings. The molecule has 0 aliphatic carbocycles. The molecule has 2 N–H and O–H groups in total. The second-order valence-corrected chi connectivity index (χ2v) is 6.10. The molecule has 2 aromatic rings. The molecule has 9 heteroatoms. The Bertz CT molecular complexity index is 876. The van der Waals surface area contributed by atoms with Crippen molar-refractivity contribution in [2.45, 2.75) is 12.7 Å². The number of benzene rings is 2. The van der Waals surface area contributed by atoms with Crippen molar-refractivity contribution >= 4 is 17.4 Å². The molecule has 2 rings (SSSR count). The Morgan fingerprint density at radius 1 is 1.21 bits per heavy atom. The summed E-state index contributed by atoms with van der Waals surface area (Å²) in [6.07, 6.45) is -4.51. The topological polar surface area (TPSA) is 77.4 Å². The van der Waals surface area contributed by atoms with E-state index in [2.05, 4.69) is 15.4 Å². The molecule has 148 valence electrons. The van der Waals surface area contributed by atoms with Crippen molar-refractivity contribution in [2.24, 2.45) is 0 Å². The summed E-state index contributed by atoms with van der Waals surface area (Å²) in [4.78, 5) is 14.0. The molecule has 0 heterocycles. The first kappa shape index (κ1) is 20.9. The Morgan fingerprint density at radius 3 is 2.61 bits per heavy atom. The molecule has 0 aromatic heterocycles. The van der Waals surface area contributed by atoms with Gasteiger partial charge in [0.2, 0.25) is 0 Å². The first-order valence-corrected chi connectivity index (χ1v) is 8.23. The number of hydrogen-bond donors (Lipinski definition) is 2. The van der Waals surface area contributed by atoms with Crippen LogP contribution in [0.3, 0.4) is 0 Å². The highest BCUT2D eigenvalue weighted by Gasteiger charge is 2.28. The largest absolute Gasteiger partial charge is 0.483 e. The quantitative estimate of drug-likeness (QED) is 0.782. The van der Waals surface area contributed by atoms with Gasteiger partial charge in [0.05, 0.1) is 5.56 Å². The fourth-order valence-electron chi connectivity index (χ4n) is 2.28. The number of amides is 2. The summed E-state index contributed by atoms with van der Waals surface area (Å²) in [7, 11) is 3.82. The number of nitriles is 1. The van der Waals surface area contributed by atoms with E-state index in [4.69, 9.17) is 5.26 Å². The van der Waals surface area contributed by atoms with E-state index in [9.17, 15) is 18.0 Å². The zero-order chi connectivity index (χ0) is 20.7. The number of rotatable bonds is 6. The Kier molecular flexibility index (Phi) is 6.71. The number of halogens is 3. The summed E-state index contributed by atoms with van der Waals surface area (Å²) in [6, 6.07) is 12.7. The van der Waals surface area contributed by atoms with Crippen molar-refractivity contribution in [3.63, 3.8) is 0 Å². The van der Waals surface area contributed by atoms with Crippen molar-refractivity contribution < 1.29 is 22.7 Å². The smallest absolute Gasteiger partial charge is 0.422 e. The van der Waals surface area contributed by atoms with Gasteiger partial charge in [-0.25, -0.2) is 4.79 Å². The summed E-state index contributed by atoms with van der Waals surface area (Å²) in [5.41, 5.74) is 2.04. The van der Waals surface area contributed by atoms with Gasteiger partial charge in [0.25, 0.3) is 0 Å². The molecule has 0 bridgehead atoms. The van der Waals surface area contributed by atoms with Crippen LogP contribution in [0.5, 0.6) is 5.75 Å². The monoisotopic (exact) mass is 392 g/mol. The summed E-state index contributed by atoms with van der Waals surface area (Å²) in [5.74, 6) is -0.203. The number of ether oxygens (including phenoxy) is 1. The Morgan fingerprint density at radius 2 is 1.96 bits per heavy atom. The van der Waals surface area contributed by atoms with E-state index >= 15 is 0 Å². The molecule has 0 atom stereocenters. The lowest BCUT2D eigenvalue weighted by molar-refractivity contribution is -0.153. The first-order valence-electron chi connectivity index (χ1n) is 8.23. The Hall–Kier alpha value is -3.41. The normalized spacial score (nSPS) is 10.7. The van der Waals surface area contributed by atoms with Gasteiger partial charge in [-0.05, 0) is 35.9 Å². The molecular weight excluding hydrogens is 373 g/mol. The Labute approximate surface area is 160 Å². The zero-order valence-electron chi connectivity index (χ0n) is 15.3. The highest BCUT2D eigenvalue weighted by atomic mass is 19.4. The van der Waals surface area contributed by atoms with Crippen LogP contribution in [0.25, 0.3) is 0 Å². The summed E-state index contributed by atoms with van der Waals surface area (Å²) in [5, 5.41) is 14.3. The summed E-state index contributed by atoms with van der Waals surface area (Å²) >= 11 is 0. The van der Waals surface area contributed by atoms with E-state index in [1.165, 1.54) is 18.2 Å². The fourth-order valence-corrected chi connectivity index (χ4v) is 2.28. The lowest BCUT2D eigenvalue weighted by atomic mass is 10.2. The second-order valence-electron chi connectivity index (χ2n) is 6.10. The SMILES string of the molecule is CN(C)c1cccc(CNC(=O)Nc2ccc(OCC(F)(F)F)c(C#N)c2)c1. The van der Waals surface area contributed by atoms with Gasteiger partial charge in [-0.1, -0.05) is 12.1 Å². The van der Waals surface area contributed by atoms with Crippen LogP contribution in [0, 0.1) is 11.3 Å².